The molecule has 0 unspecified atom stereocenters. The molecule has 0 fully saturated rings. The average molecular weight is 957 g/mol. The monoisotopic (exact) mass is 956 g/mol. The first kappa shape index (κ1) is 45.0. The summed E-state index contributed by atoms with van der Waals surface area (Å²) in [7, 11) is 0. The van der Waals surface area contributed by atoms with Crippen molar-refractivity contribution in [2.24, 2.45) is 0 Å². The third-order valence-electron chi connectivity index (χ3n) is 14.9. The maximum atomic E-state index is 6.72. The lowest BCUT2D eigenvalue weighted by atomic mass is 9.87. The Bertz CT molecular complexity index is 3940. The fourth-order valence-electron chi connectivity index (χ4n) is 10.8. The maximum Gasteiger partial charge on any atom is 0.139 e. The molecule has 0 saturated heterocycles. The minimum absolute atomic E-state index is 0.0535. The summed E-state index contributed by atoms with van der Waals surface area (Å²) in [5, 5.41) is 8.82. The van der Waals surface area contributed by atoms with Crippen LogP contribution >= 0.6 is 0 Å². The van der Waals surface area contributed by atoms with Crippen molar-refractivity contribution in [3.63, 3.8) is 0 Å². The highest BCUT2D eigenvalue weighted by molar-refractivity contribution is 6.18. The SMILES string of the molecule is CC(C)(C)c1ccc(N(c2ccc(-c3ccccc3)cc2)c2ccc3cc4c(cc3c2)oc2cc3oc5cc6cc(N(c7ccc(-c8ccccc8)cc7)c7ccc(C(C)(C)C)cc7)ccc6cc5c3cc24)cc1. The number of hydrogen-bond acceptors (Lipinski definition) is 4. The Morgan fingerprint density at radius 1 is 0.257 bits per heavy atom. The Morgan fingerprint density at radius 3 is 0.932 bits per heavy atom. The van der Waals surface area contributed by atoms with E-state index in [0.717, 1.165) is 99.5 Å². The highest BCUT2D eigenvalue weighted by Gasteiger charge is 2.21. The van der Waals surface area contributed by atoms with Crippen molar-refractivity contribution in [2.75, 3.05) is 9.80 Å². The van der Waals surface area contributed by atoms with Crippen molar-refractivity contribution in [2.45, 2.75) is 52.4 Å². The molecule has 0 bridgehead atoms. The fourth-order valence-corrected chi connectivity index (χ4v) is 10.8. The molecule has 4 nitrogen and oxygen atoms in total. The van der Waals surface area contributed by atoms with Gasteiger partial charge in [0, 0.05) is 61.7 Å². The van der Waals surface area contributed by atoms with Gasteiger partial charge in [-0.25, -0.2) is 0 Å². The Morgan fingerprint density at radius 2 is 0.568 bits per heavy atom. The molecule has 0 N–H and O–H groups in total. The smallest absolute Gasteiger partial charge is 0.139 e. The molecule has 11 aromatic carbocycles. The van der Waals surface area contributed by atoms with E-state index in [1.165, 1.54) is 33.4 Å². The standard InChI is InChI=1S/C70H56N2O2/c1-69(2,3)53-23-33-57(34-24-53)71(55-27-17-47(18-28-55)45-13-9-7-10-14-45)59-31-21-49-39-61-63-43-64-62-40-50-22-32-60(38-52(50)42-66(62)74-68(64)44-67(63)73-65(61)41-51(49)37-59)72(58-35-25-54(26-36-58)70(4,5)6)56-29-19-48(20-30-56)46-15-11-8-12-16-46/h7-44H,1-6H3. The normalized spacial score (nSPS) is 12.2. The number of furan rings is 2. The maximum absolute atomic E-state index is 6.72. The van der Waals surface area contributed by atoms with Gasteiger partial charge < -0.3 is 18.6 Å². The van der Waals surface area contributed by atoms with Crippen LogP contribution in [-0.2, 0) is 10.8 Å². The van der Waals surface area contributed by atoms with Gasteiger partial charge in [0.25, 0.3) is 0 Å². The molecule has 2 heterocycles. The summed E-state index contributed by atoms with van der Waals surface area (Å²) in [6.45, 7) is 13.6. The second-order valence-electron chi connectivity index (χ2n) is 21.9. The molecule has 0 atom stereocenters. The van der Waals surface area contributed by atoms with Crippen LogP contribution in [0.15, 0.2) is 239 Å². The summed E-state index contributed by atoms with van der Waals surface area (Å²) >= 11 is 0. The molecule has 2 aromatic heterocycles. The lowest BCUT2D eigenvalue weighted by molar-refractivity contribution is 0.590. The highest BCUT2D eigenvalue weighted by atomic mass is 16.3. The predicted octanol–water partition coefficient (Wildman–Crippen LogP) is 20.7. The lowest BCUT2D eigenvalue weighted by Gasteiger charge is -2.27. The summed E-state index contributed by atoms with van der Waals surface area (Å²) in [6, 6.07) is 83.7. The number of benzene rings is 11. The summed E-state index contributed by atoms with van der Waals surface area (Å²) in [6.07, 6.45) is 0. The van der Waals surface area contributed by atoms with E-state index < -0.39 is 0 Å². The molecule has 358 valence electrons. The van der Waals surface area contributed by atoms with Crippen LogP contribution in [-0.4, -0.2) is 0 Å². The van der Waals surface area contributed by atoms with E-state index in [0.29, 0.717) is 0 Å². The van der Waals surface area contributed by atoms with Crippen molar-refractivity contribution in [3.05, 3.63) is 242 Å². The van der Waals surface area contributed by atoms with Gasteiger partial charge in [-0.2, -0.15) is 0 Å². The molecular weight excluding hydrogens is 901 g/mol. The van der Waals surface area contributed by atoms with Gasteiger partial charge in [0.15, 0.2) is 0 Å². The van der Waals surface area contributed by atoms with Crippen molar-refractivity contribution < 1.29 is 8.83 Å². The first-order valence-electron chi connectivity index (χ1n) is 25.7. The van der Waals surface area contributed by atoms with E-state index in [1.54, 1.807) is 0 Å². The quantitative estimate of drug-likeness (QED) is 0.152. The van der Waals surface area contributed by atoms with Gasteiger partial charge in [-0.15, -0.1) is 0 Å². The number of nitrogens with zero attached hydrogens (tertiary/aromatic N) is 2. The molecule has 0 aliphatic rings. The van der Waals surface area contributed by atoms with Crippen LogP contribution in [0.5, 0.6) is 0 Å². The van der Waals surface area contributed by atoms with E-state index in [1.807, 2.05) is 0 Å². The van der Waals surface area contributed by atoms with Gasteiger partial charge in [-0.3, -0.25) is 0 Å². The molecule has 0 spiro atoms. The Hall–Kier alpha value is -8.86. The van der Waals surface area contributed by atoms with E-state index in [4.69, 9.17) is 8.83 Å². The molecular formula is C70H56N2O2. The summed E-state index contributed by atoms with van der Waals surface area (Å²) in [5.74, 6) is 0. The van der Waals surface area contributed by atoms with Crippen molar-refractivity contribution in [3.8, 4) is 22.3 Å². The zero-order valence-electron chi connectivity index (χ0n) is 42.7. The highest BCUT2D eigenvalue weighted by Crippen LogP contribution is 2.44. The molecule has 74 heavy (non-hydrogen) atoms. The third kappa shape index (κ3) is 8.13. The van der Waals surface area contributed by atoms with E-state index in [-0.39, 0.29) is 10.8 Å². The average Bonchev–Trinajstić information content (AvgIpc) is 3.95. The van der Waals surface area contributed by atoms with Crippen molar-refractivity contribution in [1.29, 1.82) is 0 Å². The zero-order chi connectivity index (χ0) is 50.3. The lowest BCUT2D eigenvalue weighted by Crippen LogP contribution is -2.13. The molecule has 4 heteroatoms. The summed E-state index contributed by atoms with van der Waals surface area (Å²) in [4.78, 5) is 4.69. The van der Waals surface area contributed by atoms with E-state index in [2.05, 4.69) is 282 Å². The van der Waals surface area contributed by atoms with Gasteiger partial charge >= 0.3 is 0 Å². The van der Waals surface area contributed by atoms with Crippen molar-refractivity contribution >= 4 is 99.5 Å². The van der Waals surface area contributed by atoms with E-state index in [9.17, 15) is 0 Å². The summed E-state index contributed by atoms with van der Waals surface area (Å²) < 4.78 is 13.4. The van der Waals surface area contributed by atoms with Crippen LogP contribution in [0.4, 0.5) is 34.1 Å². The minimum atomic E-state index is 0.0535. The first-order valence-corrected chi connectivity index (χ1v) is 25.7. The van der Waals surface area contributed by atoms with Gasteiger partial charge in [-0.05, 0) is 169 Å². The zero-order valence-corrected chi connectivity index (χ0v) is 42.7. The van der Waals surface area contributed by atoms with Crippen LogP contribution < -0.4 is 9.80 Å². The minimum Gasteiger partial charge on any atom is -0.456 e. The Labute approximate surface area is 432 Å². The van der Waals surface area contributed by atoms with Gasteiger partial charge in [-0.1, -0.05) is 163 Å². The number of fused-ring (bicyclic) bond motifs is 8. The molecule has 0 amide bonds. The van der Waals surface area contributed by atoms with Crippen LogP contribution in [0.2, 0.25) is 0 Å². The number of rotatable bonds is 8. The van der Waals surface area contributed by atoms with Gasteiger partial charge in [0.1, 0.15) is 22.3 Å². The number of anilines is 6. The van der Waals surface area contributed by atoms with Crippen LogP contribution in [0.1, 0.15) is 52.7 Å². The third-order valence-corrected chi connectivity index (χ3v) is 14.9. The summed E-state index contributed by atoms with van der Waals surface area (Å²) in [5.41, 5.74) is 17.3. The van der Waals surface area contributed by atoms with E-state index >= 15 is 0 Å². The predicted molar refractivity (Wildman–Crippen MR) is 314 cm³/mol. The second kappa shape index (κ2) is 17.4. The largest absolute Gasteiger partial charge is 0.456 e. The first-order chi connectivity index (χ1) is 35.9. The molecule has 0 aliphatic heterocycles. The molecule has 0 saturated carbocycles. The van der Waals surface area contributed by atoms with Crippen LogP contribution in [0.25, 0.3) is 87.7 Å². The molecule has 0 radical (unpaired) electrons. The Balaban J connectivity index is 0.865. The van der Waals surface area contributed by atoms with Gasteiger partial charge in [0.05, 0.1) is 0 Å². The molecule has 13 rings (SSSR count). The van der Waals surface area contributed by atoms with Crippen LogP contribution in [0, 0.1) is 0 Å². The Kier molecular flexibility index (Phi) is 10.6. The second-order valence-corrected chi connectivity index (χ2v) is 21.9. The fraction of sp³-hybridized carbons (Fsp3) is 0.114. The molecule has 13 aromatic rings. The van der Waals surface area contributed by atoms with Crippen molar-refractivity contribution in [1.82, 2.24) is 0 Å². The van der Waals surface area contributed by atoms with Crippen LogP contribution in [0.3, 0.4) is 0 Å². The topological polar surface area (TPSA) is 32.8 Å². The van der Waals surface area contributed by atoms with Gasteiger partial charge in [0.2, 0.25) is 0 Å². The number of hydrogen-bond donors (Lipinski definition) is 0. The molecule has 0 aliphatic carbocycles.